The molecule has 1 fully saturated rings. The molecule has 9 heteroatoms. The second-order valence-corrected chi connectivity index (χ2v) is 10.3. The molecule has 3 rings (SSSR count). The summed E-state index contributed by atoms with van der Waals surface area (Å²) < 4.78 is 27.3. The molecule has 0 atom stereocenters. The number of benzene rings is 2. The van der Waals surface area contributed by atoms with Gasteiger partial charge in [-0.15, -0.1) is 0 Å². The van der Waals surface area contributed by atoms with Crippen molar-refractivity contribution in [3.8, 4) is 0 Å². The highest BCUT2D eigenvalue weighted by Gasteiger charge is 2.24. The monoisotopic (exact) mass is 478 g/mol. The van der Waals surface area contributed by atoms with Gasteiger partial charge in [0, 0.05) is 49.9 Å². The molecule has 1 saturated heterocycles. The van der Waals surface area contributed by atoms with E-state index < -0.39 is 10.0 Å². The summed E-state index contributed by atoms with van der Waals surface area (Å²) in [5.74, 6) is -0.364. The van der Waals surface area contributed by atoms with Crippen LogP contribution in [-0.2, 0) is 10.0 Å². The molecule has 1 N–H and O–H groups in total. The molecule has 0 saturated carbocycles. The van der Waals surface area contributed by atoms with Crippen molar-refractivity contribution in [2.45, 2.75) is 25.7 Å². The molecule has 0 unspecified atom stereocenters. The number of carbonyl (C=O) groups is 1. The van der Waals surface area contributed by atoms with E-state index in [-0.39, 0.29) is 10.8 Å². The fourth-order valence-corrected chi connectivity index (χ4v) is 5.50. The Balaban J connectivity index is 1.92. The SMILES string of the molecule is CCN(CC)S(=O)(=O)c1ccc(C)c(C(=O)Nc2cc(Cl)ccc2N2CCN(C)CC2)c1. The Morgan fingerprint density at radius 3 is 2.34 bits per heavy atom. The van der Waals surface area contributed by atoms with Crippen LogP contribution in [0.15, 0.2) is 41.3 Å². The van der Waals surface area contributed by atoms with Crippen LogP contribution >= 0.6 is 11.6 Å². The Labute approximate surface area is 196 Å². The van der Waals surface area contributed by atoms with Gasteiger partial charge in [0.1, 0.15) is 0 Å². The summed E-state index contributed by atoms with van der Waals surface area (Å²) in [5, 5.41) is 3.49. The molecule has 2 aromatic carbocycles. The summed E-state index contributed by atoms with van der Waals surface area (Å²) in [6.07, 6.45) is 0. The summed E-state index contributed by atoms with van der Waals surface area (Å²) in [4.78, 5) is 17.8. The van der Waals surface area contributed by atoms with Crippen LogP contribution in [0.25, 0.3) is 0 Å². The smallest absolute Gasteiger partial charge is 0.256 e. The van der Waals surface area contributed by atoms with Crippen molar-refractivity contribution in [2.75, 3.05) is 56.5 Å². The largest absolute Gasteiger partial charge is 0.367 e. The number of anilines is 2. The molecule has 0 aromatic heterocycles. The van der Waals surface area contributed by atoms with Gasteiger partial charge >= 0.3 is 0 Å². The van der Waals surface area contributed by atoms with E-state index in [0.717, 1.165) is 31.9 Å². The van der Waals surface area contributed by atoms with Gasteiger partial charge in [-0.1, -0.05) is 31.5 Å². The molecule has 1 aliphatic rings. The second-order valence-electron chi connectivity index (χ2n) is 7.97. The first-order valence-corrected chi connectivity index (χ1v) is 12.6. The van der Waals surface area contributed by atoms with Crippen LogP contribution in [0.3, 0.4) is 0 Å². The molecule has 7 nitrogen and oxygen atoms in total. The molecule has 0 bridgehead atoms. The number of hydrogen-bond acceptors (Lipinski definition) is 5. The summed E-state index contributed by atoms with van der Waals surface area (Å²) in [6, 6.07) is 10.1. The number of piperazine rings is 1. The van der Waals surface area contributed by atoms with Crippen LogP contribution in [0.1, 0.15) is 29.8 Å². The molecule has 2 aromatic rings. The molecule has 1 amide bonds. The number of likely N-dealkylation sites (N-methyl/N-ethyl adjacent to an activating group) is 1. The zero-order valence-corrected chi connectivity index (χ0v) is 20.6. The van der Waals surface area contributed by atoms with E-state index in [9.17, 15) is 13.2 Å². The van der Waals surface area contributed by atoms with E-state index in [1.54, 1.807) is 39.0 Å². The van der Waals surface area contributed by atoms with Crippen molar-refractivity contribution in [2.24, 2.45) is 0 Å². The van der Waals surface area contributed by atoms with Gasteiger partial charge in [0.25, 0.3) is 5.91 Å². The fourth-order valence-electron chi connectivity index (χ4n) is 3.84. The van der Waals surface area contributed by atoms with Gasteiger partial charge < -0.3 is 15.1 Å². The highest BCUT2D eigenvalue weighted by molar-refractivity contribution is 7.89. The van der Waals surface area contributed by atoms with Crippen LogP contribution in [0, 0.1) is 6.92 Å². The van der Waals surface area contributed by atoms with Crippen molar-refractivity contribution < 1.29 is 13.2 Å². The summed E-state index contributed by atoms with van der Waals surface area (Å²) in [7, 11) is -1.58. The zero-order chi connectivity index (χ0) is 23.5. The number of aryl methyl sites for hydroxylation is 1. The predicted molar refractivity (Wildman–Crippen MR) is 130 cm³/mol. The van der Waals surface area contributed by atoms with Gasteiger partial charge in [-0.3, -0.25) is 4.79 Å². The van der Waals surface area contributed by atoms with Gasteiger partial charge in [0.15, 0.2) is 0 Å². The minimum Gasteiger partial charge on any atom is -0.367 e. The van der Waals surface area contributed by atoms with Crippen LogP contribution in [0.4, 0.5) is 11.4 Å². The number of nitrogens with zero attached hydrogens (tertiary/aromatic N) is 3. The Morgan fingerprint density at radius 2 is 1.72 bits per heavy atom. The third-order valence-electron chi connectivity index (χ3n) is 5.85. The maximum Gasteiger partial charge on any atom is 0.256 e. The maximum atomic E-state index is 13.2. The molecule has 32 heavy (non-hydrogen) atoms. The van der Waals surface area contributed by atoms with E-state index in [4.69, 9.17) is 11.6 Å². The lowest BCUT2D eigenvalue weighted by Crippen LogP contribution is -2.44. The molecule has 1 heterocycles. The van der Waals surface area contributed by atoms with Gasteiger partial charge in [-0.25, -0.2) is 8.42 Å². The Morgan fingerprint density at radius 1 is 1.06 bits per heavy atom. The van der Waals surface area contributed by atoms with Gasteiger partial charge in [0.05, 0.1) is 16.3 Å². The third-order valence-corrected chi connectivity index (χ3v) is 8.13. The van der Waals surface area contributed by atoms with Gasteiger partial charge in [-0.05, 0) is 49.9 Å². The minimum atomic E-state index is -3.66. The lowest BCUT2D eigenvalue weighted by Gasteiger charge is -2.35. The average Bonchev–Trinajstić information content (AvgIpc) is 2.75. The Hall–Kier alpha value is -2.13. The number of halogens is 1. The van der Waals surface area contributed by atoms with Gasteiger partial charge in [-0.2, -0.15) is 4.31 Å². The van der Waals surface area contributed by atoms with Crippen LogP contribution in [-0.4, -0.2) is 69.8 Å². The average molecular weight is 479 g/mol. The molecular formula is C23H31ClN4O3S. The summed E-state index contributed by atoms with van der Waals surface area (Å²) >= 11 is 6.23. The molecule has 174 valence electrons. The van der Waals surface area contributed by atoms with E-state index in [1.165, 1.54) is 10.4 Å². The van der Waals surface area contributed by atoms with E-state index in [0.29, 0.717) is 34.9 Å². The van der Waals surface area contributed by atoms with Crippen LogP contribution in [0.2, 0.25) is 5.02 Å². The quantitative estimate of drug-likeness (QED) is 0.657. The van der Waals surface area contributed by atoms with Crippen molar-refractivity contribution in [3.63, 3.8) is 0 Å². The molecule has 0 spiro atoms. The lowest BCUT2D eigenvalue weighted by atomic mass is 10.1. The fraction of sp³-hybridized carbons (Fsp3) is 0.435. The van der Waals surface area contributed by atoms with Crippen molar-refractivity contribution in [3.05, 3.63) is 52.5 Å². The highest BCUT2D eigenvalue weighted by atomic mass is 35.5. The number of nitrogens with one attached hydrogen (secondary N) is 1. The number of carbonyl (C=O) groups excluding carboxylic acids is 1. The topological polar surface area (TPSA) is 73.0 Å². The Kier molecular flexibility index (Phi) is 7.82. The third kappa shape index (κ3) is 5.26. The zero-order valence-electron chi connectivity index (χ0n) is 19.1. The van der Waals surface area contributed by atoms with E-state index in [2.05, 4.69) is 22.2 Å². The predicted octanol–water partition coefficient (Wildman–Crippen LogP) is 3.68. The lowest BCUT2D eigenvalue weighted by molar-refractivity contribution is 0.102. The van der Waals surface area contributed by atoms with E-state index >= 15 is 0 Å². The van der Waals surface area contributed by atoms with Crippen molar-refractivity contribution >= 4 is 38.9 Å². The molecule has 1 aliphatic heterocycles. The van der Waals surface area contributed by atoms with Crippen molar-refractivity contribution in [1.82, 2.24) is 9.21 Å². The number of sulfonamides is 1. The number of rotatable bonds is 7. The first kappa shape index (κ1) is 24.5. The van der Waals surface area contributed by atoms with Crippen LogP contribution < -0.4 is 10.2 Å². The highest BCUT2D eigenvalue weighted by Crippen LogP contribution is 2.31. The standard InChI is InChI=1S/C23H31ClN4O3S/c1-5-28(6-2)32(30,31)19-9-7-17(3)20(16-19)23(29)25-21-15-18(24)8-10-22(21)27-13-11-26(4)12-14-27/h7-10,15-16H,5-6,11-14H2,1-4H3,(H,25,29). The minimum absolute atomic E-state index is 0.113. The maximum absolute atomic E-state index is 13.2. The first-order chi connectivity index (χ1) is 15.2. The molecular weight excluding hydrogens is 448 g/mol. The van der Waals surface area contributed by atoms with Gasteiger partial charge in [0.2, 0.25) is 10.0 Å². The molecule has 0 aliphatic carbocycles. The van der Waals surface area contributed by atoms with E-state index in [1.807, 2.05) is 12.1 Å². The second kappa shape index (κ2) is 10.2. The number of amides is 1. The molecule has 0 radical (unpaired) electrons. The number of hydrogen-bond donors (Lipinski definition) is 1. The first-order valence-electron chi connectivity index (χ1n) is 10.8. The normalized spacial score (nSPS) is 15.2. The van der Waals surface area contributed by atoms with Crippen molar-refractivity contribution in [1.29, 1.82) is 0 Å². The summed E-state index contributed by atoms with van der Waals surface area (Å²) in [5.41, 5.74) is 2.54. The Bertz CT molecular complexity index is 1080. The summed E-state index contributed by atoms with van der Waals surface area (Å²) in [6.45, 7) is 9.66. The van der Waals surface area contributed by atoms with Crippen LogP contribution in [0.5, 0.6) is 0 Å².